The fourth-order valence-electron chi connectivity index (χ4n) is 4.45. The van der Waals surface area contributed by atoms with Crippen LogP contribution < -0.4 is 0 Å². The summed E-state index contributed by atoms with van der Waals surface area (Å²) in [4.78, 5) is 58.1. The quantitative estimate of drug-likeness (QED) is 0.0505. The predicted molar refractivity (Wildman–Crippen MR) is 167 cm³/mol. The van der Waals surface area contributed by atoms with Crippen molar-refractivity contribution >= 4 is 53.0 Å². The smallest absolute Gasteiger partial charge is 0.373 e. The lowest BCUT2D eigenvalue weighted by atomic mass is 9.84. The second kappa shape index (κ2) is 19.2. The first-order chi connectivity index (χ1) is 21.8. The maximum atomic E-state index is 12.1. The summed E-state index contributed by atoms with van der Waals surface area (Å²) in [6.07, 6.45) is -13.6. The predicted octanol–water partition coefficient (Wildman–Crippen LogP) is -0.936. The topological polar surface area (TPSA) is 330 Å². The summed E-state index contributed by atoms with van der Waals surface area (Å²) >= 11 is 0. The van der Waals surface area contributed by atoms with Crippen LogP contribution in [-0.2, 0) is 71.0 Å². The molecule has 0 bridgehead atoms. The van der Waals surface area contributed by atoms with Crippen LogP contribution in [0.15, 0.2) is 0 Å². The SMILES string of the molecule is CCS(=O)(=O)CCCOC1C(OCCCS(=O)(=O)CC)C(OP(=O)(O)O)C(OP(=O)(O)O)C(OP(=O)(O)O)C1OCCCS(=O)(=O)CC. The van der Waals surface area contributed by atoms with E-state index in [4.69, 9.17) is 23.3 Å². The van der Waals surface area contributed by atoms with E-state index in [0.29, 0.717) is 0 Å². The van der Waals surface area contributed by atoms with Crippen molar-refractivity contribution in [2.24, 2.45) is 0 Å². The third kappa shape index (κ3) is 18.0. The molecule has 0 aromatic carbocycles. The summed E-state index contributed by atoms with van der Waals surface area (Å²) in [6, 6.07) is 0. The van der Waals surface area contributed by atoms with Gasteiger partial charge in [0.25, 0.3) is 0 Å². The monoisotopic (exact) mass is 822 g/mol. The van der Waals surface area contributed by atoms with E-state index in [2.05, 4.69) is 4.52 Å². The molecule has 0 saturated heterocycles. The van der Waals surface area contributed by atoms with Gasteiger partial charge in [0.1, 0.15) is 66.1 Å². The molecule has 0 spiro atoms. The zero-order valence-electron chi connectivity index (χ0n) is 26.3. The summed E-state index contributed by atoms with van der Waals surface area (Å²) < 4.78 is 140. The molecule has 0 aliphatic heterocycles. The molecule has 0 aromatic heterocycles. The fourth-order valence-corrected chi connectivity index (χ4v) is 8.66. The van der Waals surface area contributed by atoms with Crippen LogP contribution in [-0.4, -0.2) is 146 Å². The van der Waals surface area contributed by atoms with Gasteiger partial charge in [0.05, 0.1) is 17.3 Å². The second-order valence-corrected chi connectivity index (χ2v) is 21.5. The zero-order chi connectivity index (χ0) is 37.2. The van der Waals surface area contributed by atoms with E-state index in [9.17, 15) is 68.3 Å². The van der Waals surface area contributed by atoms with E-state index in [1.165, 1.54) is 20.8 Å². The van der Waals surface area contributed by atoms with E-state index < -0.39 is 127 Å². The molecule has 4 unspecified atom stereocenters. The van der Waals surface area contributed by atoms with Crippen molar-refractivity contribution in [2.75, 3.05) is 54.3 Å². The largest absolute Gasteiger partial charge is 0.470 e. The van der Waals surface area contributed by atoms with E-state index in [0.717, 1.165) is 0 Å². The van der Waals surface area contributed by atoms with Gasteiger partial charge in [0.15, 0.2) is 0 Å². The van der Waals surface area contributed by atoms with Gasteiger partial charge in [-0.3, -0.25) is 13.6 Å². The van der Waals surface area contributed by atoms with E-state index >= 15 is 0 Å². The van der Waals surface area contributed by atoms with Gasteiger partial charge in [-0.1, -0.05) is 20.8 Å². The molecule has 1 aliphatic carbocycles. The molecular formula is C21H45O21P3S3. The average Bonchev–Trinajstić information content (AvgIpc) is 2.93. The van der Waals surface area contributed by atoms with Gasteiger partial charge in [0, 0.05) is 37.1 Å². The molecule has 0 amide bonds. The highest BCUT2D eigenvalue weighted by Gasteiger charge is 2.59. The van der Waals surface area contributed by atoms with Crippen molar-refractivity contribution < 1.29 is 96.1 Å². The Morgan fingerprint density at radius 3 is 0.854 bits per heavy atom. The van der Waals surface area contributed by atoms with Crippen LogP contribution in [0, 0.1) is 0 Å². The Labute approximate surface area is 279 Å². The molecule has 1 saturated carbocycles. The van der Waals surface area contributed by atoms with Gasteiger partial charge < -0.3 is 43.6 Å². The Morgan fingerprint density at radius 1 is 0.438 bits per heavy atom. The Morgan fingerprint density at radius 2 is 0.646 bits per heavy atom. The highest BCUT2D eigenvalue weighted by molar-refractivity contribution is 7.91. The molecule has 0 aromatic rings. The first-order valence-corrected chi connectivity index (χ1v) is 24.5. The lowest BCUT2D eigenvalue weighted by molar-refractivity contribution is -0.247. The van der Waals surface area contributed by atoms with E-state index in [-0.39, 0.29) is 36.5 Å². The maximum absolute atomic E-state index is 12.1. The third-order valence-electron chi connectivity index (χ3n) is 6.77. The number of hydrogen-bond donors (Lipinski definition) is 6. The molecule has 48 heavy (non-hydrogen) atoms. The standard InChI is InChI=1S/C21H45O21P3S3/c1-4-46(31,32)13-7-10-37-16-17(38-11-8-14-47(33,34)5-2)19(40-43(22,23)24)21(42-45(28,29)30)20(41-44(25,26)27)18(16)39-12-9-15-48(35,36)6-3/h16-21H,4-15H2,1-3H3,(H2,22,23,24)(H2,25,26,27)(H2,28,29,30). The number of phosphoric ester groups is 3. The van der Waals surface area contributed by atoms with Gasteiger partial charge in [-0.15, -0.1) is 0 Å². The number of phosphoric acid groups is 3. The van der Waals surface area contributed by atoms with E-state index in [1.54, 1.807) is 0 Å². The van der Waals surface area contributed by atoms with Gasteiger partial charge in [-0.05, 0) is 19.3 Å². The van der Waals surface area contributed by atoms with Crippen LogP contribution in [0.4, 0.5) is 0 Å². The van der Waals surface area contributed by atoms with Crippen molar-refractivity contribution in [3.8, 4) is 0 Å². The van der Waals surface area contributed by atoms with Crippen molar-refractivity contribution in [1.29, 1.82) is 0 Å². The molecule has 4 atom stereocenters. The van der Waals surface area contributed by atoms with Gasteiger partial charge in [0.2, 0.25) is 0 Å². The minimum Gasteiger partial charge on any atom is -0.373 e. The summed E-state index contributed by atoms with van der Waals surface area (Å²) in [6.45, 7) is 2.61. The molecule has 21 nitrogen and oxygen atoms in total. The fraction of sp³-hybridized carbons (Fsp3) is 1.00. The Bertz CT molecular complexity index is 1390. The van der Waals surface area contributed by atoms with Crippen LogP contribution in [0.2, 0.25) is 0 Å². The molecular weight excluding hydrogens is 777 g/mol. The molecule has 1 fully saturated rings. The summed E-state index contributed by atoms with van der Waals surface area (Å²) in [5, 5.41) is 0. The third-order valence-corrected chi connectivity index (χ3v) is 13.7. The van der Waals surface area contributed by atoms with Crippen LogP contribution in [0.5, 0.6) is 0 Å². The molecule has 27 heteroatoms. The van der Waals surface area contributed by atoms with Crippen molar-refractivity contribution in [3.63, 3.8) is 0 Å². The molecule has 6 N–H and O–H groups in total. The normalized spacial score (nSPS) is 24.9. The summed E-state index contributed by atoms with van der Waals surface area (Å²) in [5.41, 5.74) is 0. The van der Waals surface area contributed by atoms with Crippen LogP contribution in [0.3, 0.4) is 0 Å². The van der Waals surface area contributed by atoms with Gasteiger partial charge in [-0.25, -0.2) is 38.9 Å². The van der Waals surface area contributed by atoms with Crippen molar-refractivity contribution in [3.05, 3.63) is 0 Å². The van der Waals surface area contributed by atoms with Crippen molar-refractivity contribution in [1.82, 2.24) is 0 Å². The molecule has 288 valence electrons. The number of sulfone groups is 3. The number of ether oxygens (including phenoxy) is 3. The summed E-state index contributed by atoms with van der Waals surface area (Å²) in [7, 11) is -27.7. The first kappa shape index (κ1) is 46.1. The van der Waals surface area contributed by atoms with E-state index in [1.807, 2.05) is 0 Å². The molecule has 0 radical (unpaired) electrons. The average molecular weight is 823 g/mol. The Hall–Kier alpha value is 0.0600. The van der Waals surface area contributed by atoms with Crippen LogP contribution in [0.1, 0.15) is 40.0 Å². The molecule has 1 aliphatic rings. The van der Waals surface area contributed by atoms with Gasteiger partial charge in [-0.2, -0.15) is 0 Å². The zero-order valence-corrected chi connectivity index (χ0v) is 31.5. The number of rotatable bonds is 24. The minimum atomic E-state index is -5.72. The lowest BCUT2D eigenvalue weighted by Gasteiger charge is -2.49. The number of hydrogen-bond acceptors (Lipinski definition) is 15. The van der Waals surface area contributed by atoms with Crippen molar-refractivity contribution in [2.45, 2.75) is 76.7 Å². The van der Waals surface area contributed by atoms with Crippen LogP contribution >= 0.6 is 23.5 Å². The lowest BCUT2D eigenvalue weighted by Crippen LogP contribution is -2.67. The minimum absolute atomic E-state index is 0.202. The first-order valence-electron chi connectivity index (χ1n) is 14.4. The Kier molecular flexibility index (Phi) is 18.5. The molecule has 0 heterocycles. The maximum Gasteiger partial charge on any atom is 0.470 e. The highest BCUT2D eigenvalue weighted by Crippen LogP contribution is 2.51. The van der Waals surface area contributed by atoms with Gasteiger partial charge >= 0.3 is 23.5 Å². The highest BCUT2D eigenvalue weighted by atomic mass is 32.2. The summed E-state index contributed by atoms with van der Waals surface area (Å²) in [5.74, 6) is -1.98. The Balaban J connectivity index is 3.79. The second-order valence-electron chi connectivity index (χ2n) is 10.5. The molecule has 1 rings (SSSR count). The van der Waals surface area contributed by atoms with Crippen LogP contribution in [0.25, 0.3) is 0 Å².